The molecule has 1 fully saturated rings. The van der Waals surface area contributed by atoms with Crippen LogP contribution in [0.2, 0.25) is 0 Å². The van der Waals surface area contributed by atoms with Crippen LogP contribution in [-0.4, -0.2) is 25.7 Å². The molecule has 158 valence electrons. The van der Waals surface area contributed by atoms with Crippen molar-refractivity contribution < 1.29 is 26.7 Å². The predicted molar refractivity (Wildman–Crippen MR) is 94.7 cm³/mol. The van der Waals surface area contributed by atoms with E-state index >= 15 is 0 Å². The van der Waals surface area contributed by atoms with Gasteiger partial charge in [-0.1, -0.05) is 24.3 Å². The second-order valence-electron chi connectivity index (χ2n) is 6.94. The molecule has 30 heavy (non-hydrogen) atoms. The van der Waals surface area contributed by atoms with E-state index in [0.717, 1.165) is 21.5 Å². The molecule has 0 N–H and O–H groups in total. The van der Waals surface area contributed by atoms with E-state index in [-0.39, 0.29) is 16.8 Å². The van der Waals surface area contributed by atoms with Crippen molar-refractivity contribution >= 4 is 0 Å². The number of hydrogen-bond acceptors (Lipinski definition) is 4. The molecule has 4 rings (SSSR count). The van der Waals surface area contributed by atoms with Gasteiger partial charge in [-0.25, -0.2) is 13.6 Å². The van der Waals surface area contributed by atoms with Gasteiger partial charge < -0.3 is 4.74 Å². The van der Waals surface area contributed by atoms with Gasteiger partial charge in [0.05, 0.1) is 17.2 Å². The fraction of sp³-hybridized carbons (Fsp3) is 0.316. The Labute approximate surface area is 166 Å². The molecule has 0 amide bonds. The lowest BCUT2D eigenvalue weighted by Crippen LogP contribution is -2.23. The summed E-state index contributed by atoms with van der Waals surface area (Å²) < 4.78 is 74.5. The van der Waals surface area contributed by atoms with Crippen LogP contribution in [0.1, 0.15) is 29.0 Å². The number of hydrogen-bond donors (Lipinski definition) is 0. The highest BCUT2D eigenvalue weighted by molar-refractivity contribution is 5.49. The van der Waals surface area contributed by atoms with Gasteiger partial charge in [0.1, 0.15) is 12.4 Å². The van der Waals surface area contributed by atoms with E-state index in [1.54, 1.807) is 0 Å². The number of ether oxygens (including phenoxy) is 1. The van der Waals surface area contributed by atoms with E-state index in [0.29, 0.717) is 0 Å². The summed E-state index contributed by atoms with van der Waals surface area (Å²) in [6.07, 6.45) is -5.04. The van der Waals surface area contributed by atoms with Gasteiger partial charge in [0.25, 0.3) is 5.92 Å². The standard InChI is InChI=1S/C19H15F5N4O2/c1-27-17(29)28(26-25-27)15-7-4-5-11(14-9-18(14,20)21)12(15)10-30-16-8-3-2-6-13(16)19(22,23)24/h2-8,14H,9-10H2,1H3. The van der Waals surface area contributed by atoms with Crippen LogP contribution in [-0.2, 0) is 19.8 Å². The highest BCUT2D eigenvalue weighted by atomic mass is 19.4. The molecule has 0 saturated heterocycles. The molecule has 1 aliphatic carbocycles. The minimum atomic E-state index is -4.65. The Kier molecular flexibility index (Phi) is 4.63. The van der Waals surface area contributed by atoms with Crippen LogP contribution in [0.5, 0.6) is 5.75 Å². The van der Waals surface area contributed by atoms with Crippen LogP contribution in [0.3, 0.4) is 0 Å². The zero-order valence-electron chi connectivity index (χ0n) is 15.5. The van der Waals surface area contributed by atoms with Gasteiger partial charge in [0.15, 0.2) is 0 Å². The van der Waals surface area contributed by atoms with Crippen LogP contribution < -0.4 is 10.4 Å². The summed E-state index contributed by atoms with van der Waals surface area (Å²) in [6, 6.07) is 8.99. The molecule has 1 atom stereocenters. The second-order valence-corrected chi connectivity index (χ2v) is 6.94. The first-order valence-corrected chi connectivity index (χ1v) is 8.87. The van der Waals surface area contributed by atoms with Gasteiger partial charge in [-0.3, -0.25) is 0 Å². The number of tetrazole rings is 1. The molecule has 1 aliphatic rings. The Morgan fingerprint density at radius 1 is 1.13 bits per heavy atom. The van der Waals surface area contributed by atoms with Gasteiger partial charge in [0, 0.05) is 19.0 Å². The molecule has 3 aromatic rings. The summed E-state index contributed by atoms with van der Waals surface area (Å²) in [7, 11) is 1.36. The van der Waals surface area contributed by atoms with Crippen LogP contribution in [0.25, 0.3) is 5.69 Å². The number of para-hydroxylation sites is 1. The SMILES string of the molecule is Cn1nnn(-c2cccc(C3CC3(F)F)c2COc2ccccc2C(F)(F)F)c1=O. The van der Waals surface area contributed by atoms with Gasteiger partial charge in [-0.05, 0) is 34.2 Å². The van der Waals surface area contributed by atoms with Crippen LogP contribution in [0.15, 0.2) is 47.3 Å². The van der Waals surface area contributed by atoms with Crippen molar-refractivity contribution in [1.29, 1.82) is 0 Å². The van der Waals surface area contributed by atoms with E-state index in [4.69, 9.17) is 4.74 Å². The minimum Gasteiger partial charge on any atom is -0.488 e. The van der Waals surface area contributed by atoms with Gasteiger partial charge in [-0.15, -0.1) is 0 Å². The van der Waals surface area contributed by atoms with Crippen molar-refractivity contribution in [2.45, 2.75) is 31.0 Å². The maximum atomic E-state index is 13.8. The van der Waals surface area contributed by atoms with E-state index in [2.05, 4.69) is 10.4 Å². The number of rotatable bonds is 5. The Hall–Kier alpha value is -3.24. The molecule has 1 saturated carbocycles. The fourth-order valence-corrected chi connectivity index (χ4v) is 3.27. The maximum Gasteiger partial charge on any atom is 0.419 e. The topological polar surface area (TPSA) is 61.9 Å². The third-order valence-electron chi connectivity index (χ3n) is 4.90. The Bertz CT molecular complexity index is 1150. The molecule has 1 aromatic heterocycles. The smallest absolute Gasteiger partial charge is 0.419 e. The first kappa shape index (κ1) is 20.0. The zero-order valence-corrected chi connectivity index (χ0v) is 15.5. The molecule has 2 aromatic carbocycles. The van der Waals surface area contributed by atoms with Crippen molar-refractivity contribution in [2.75, 3.05) is 0 Å². The van der Waals surface area contributed by atoms with Gasteiger partial charge >= 0.3 is 11.9 Å². The highest BCUT2D eigenvalue weighted by Gasteiger charge is 2.58. The number of nitrogens with zero attached hydrogens (tertiary/aromatic N) is 4. The van der Waals surface area contributed by atoms with Crippen LogP contribution in [0.4, 0.5) is 22.0 Å². The summed E-state index contributed by atoms with van der Waals surface area (Å²) >= 11 is 0. The van der Waals surface area contributed by atoms with E-state index in [1.165, 1.54) is 37.4 Å². The normalized spacial score (nSPS) is 17.7. The largest absolute Gasteiger partial charge is 0.488 e. The summed E-state index contributed by atoms with van der Waals surface area (Å²) in [5.74, 6) is -4.48. The maximum absolute atomic E-state index is 13.8. The quantitative estimate of drug-likeness (QED) is 0.584. The number of benzene rings is 2. The predicted octanol–water partition coefficient (Wildman–Crippen LogP) is 3.69. The molecule has 0 radical (unpaired) electrons. The zero-order chi connectivity index (χ0) is 21.7. The first-order chi connectivity index (χ1) is 14.1. The molecule has 1 unspecified atom stereocenters. The Morgan fingerprint density at radius 3 is 2.43 bits per heavy atom. The minimum absolute atomic E-state index is 0.123. The molecule has 11 heteroatoms. The average molecular weight is 426 g/mol. The van der Waals surface area contributed by atoms with Gasteiger partial charge in [-0.2, -0.15) is 22.5 Å². The summed E-state index contributed by atoms with van der Waals surface area (Å²) in [6.45, 7) is -0.464. The molecule has 6 nitrogen and oxygen atoms in total. The first-order valence-electron chi connectivity index (χ1n) is 8.87. The van der Waals surface area contributed by atoms with Crippen LogP contribution in [0, 0.1) is 0 Å². The van der Waals surface area contributed by atoms with E-state index in [9.17, 15) is 26.7 Å². The lowest BCUT2D eigenvalue weighted by Gasteiger charge is -2.17. The monoisotopic (exact) mass is 426 g/mol. The molecule has 0 spiro atoms. The summed E-state index contributed by atoms with van der Waals surface area (Å²) in [4.78, 5) is 12.3. The lowest BCUT2D eigenvalue weighted by molar-refractivity contribution is -0.139. The molecule has 0 bridgehead atoms. The number of aromatic nitrogens is 4. The lowest BCUT2D eigenvalue weighted by atomic mass is 10.0. The molecular formula is C19H15F5N4O2. The fourth-order valence-electron chi connectivity index (χ4n) is 3.27. The van der Waals surface area contributed by atoms with E-state index in [1.807, 2.05) is 0 Å². The third-order valence-corrected chi connectivity index (χ3v) is 4.90. The highest BCUT2D eigenvalue weighted by Crippen LogP contribution is 2.56. The Balaban J connectivity index is 1.77. The van der Waals surface area contributed by atoms with E-state index < -0.39 is 48.0 Å². The number of halogens is 5. The summed E-state index contributed by atoms with van der Waals surface area (Å²) in [5.41, 5.74) is -1.15. The average Bonchev–Trinajstić information content (AvgIpc) is 3.20. The van der Waals surface area contributed by atoms with Crippen molar-refractivity contribution in [3.8, 4) is 11.4 Å². The third kappa shape index (κ3) is 3.55. The van der Waals surface area contributed by atoms with Crippen molar-refractivity contribution in [3.63, 3.8) is 0 Å². The number of aryl methyl sites for hydroxylation is 1. The molecular weight excluding hydrogens is 411 g/mol. The number of alkyl halides is 5. The van der Waals surface area contributed by atoms with Crippen molar-refractivity contribution in [2.24, 2.45) is 7.05 Å². The summed E-state index contributed by atoms with van der Waals surface area (Å²) in [5, 5.41) is 7.31. The van der Waals surface area contributed by atoms with Crippen molar-refractivity contribution in [3.05, 3.63) is 69.6 Å². The van der Waals surface area contributed by atoms with Crippen LogP contribution >= 0.6 is 0 Å². The van der Waals surface area contributed by atoms with Gasteiger partial charge in [0.2, 0.25) is 0 Å². The molecule has 1 heterocycles. The Morgan fingerprint density at radius 2 is 1.83 bits per heavy atom. The molecule has 0 aliphatic heterocycles. The van der Waals surface area contributed by atoms with Crippen molar-refractivity contribution in [1.82, 2.24) is 19.8 Å². The second kappa shape index (κ2) is 6.92.